The molecule has 1 aliphatic carbocycles. The third kappa shape index (κ3) is 4.14. The average molecular weight is 291 g/mol. The van der Waals surface area contributed by atoms with Crippen LogP contribution in [-0.2, 0) is 4.79 Å². The molecule has 0 bridgehead atoms. The van der Waals surface area contributed by atoms with Crippen molar-refractivity contribution in [1.29, 1.82) is 0 Å². The molecule has 0 saturated heterocycles. The molecular formula is C17H22FNO2. The Kier molecular flexibility index (Phi) is 4.78. The first-order valence-electron chi connectivity index (χ1n) is 7.31. The Balaban J connectivity index is 2.02. The first kappa shape index (κ1) is 15.7. The lowest BCUT2D eigenvalue weighted by Crippen LogP contribution is -2.42. The normalized spacial score (nSPS) is 17.8. The van der Waals surface area contributed by atoms with Crippen LogP contribution < -0.4 is 0 Å². The van der Waals surface area contributed by atoms with Crippen molar-refractivity contribution >= 4 is 12.0 Å². The van der Waals surface area contributed by atoms with E-state index in [-0.39, 0.29) is 11.7 Å². The second kappa shape index (κ2) is 6.39. The maximum Gasteiger partial charge on any atom is 0.249 e. The SMILES string of the molecule is C/C(=C\c1ccc(F)cc1)C(=O)N(C)CC1(O)CCCC1. The number of carbonyl (C=O) groups excluding carboxylic acids is 1. The summed E-state index contributed by atoms with van der Waals surface area (Å²) in [4.78, 5) is 13.9. The number of hydrogen-bond donors (Lipinski definition) is 1. The maximum atomic E-state index is 12.9. The number of aliphatic hydroxyl groups is 1. The van der Waals surface area contributed by atoms with Gasteiger partial charge >= 0.3 is 0 Å². The summed E-state index contributed by atoms with van der Waals surface area (Å²) >= 11 is 0. The van der Waals surface area contributed by atoms with Gasteiger partial charge in [-0.05, 0) is 43.5 Å². The highest BCUT2D eigenvalue weighted by atomic mass is 19.1. The molecule has 0 aromatic heterocycles. The van der Waals surface area contributed by atoms with Gasteiger partial charge < -0.3 is 10.0 Å². The van der Waals surface area contributed by atoms with E-state index in [1.54, 1.807) is 37.1 Å². The van der Waals surface area contributed by atoms with Crippen LogP contribution in [0.2, 0.25) is 0 Å². The molecule has 1 N–H and O–H groups in total. The largest absolute Gasteiger partial charge is 0.388 e. The van der Waals surface area contributed by atoms with Gasteiger partial charge in [0.15, 0.2) is 0 Å². The molecule has 0 heterocycles. The highest BCUT2D eigenvalue weighted by Gasteiger charge is 2.33. The van der Waals surface area contributed by atoms with E-state index in [9.17, 15) is 14.3 Å². The van der Waals surface area contributed by atoms with Crippen molar-refractivity contribution in [2.75, 3.05) is 13.6 Å². The van der Waals surface area contributed by atoms with Crippen LogP contribution in [0, 0.1) is 5.82 Å². The molecule has 1 fully saturated rings. The first-order valence-corrected chi connectivity index (χ1v) is 7.31. The smallest absolute Gasteiger partial charge is 0.249 e. The van der Waals surface area contributed by atoms with Crippen molar-refractivity contribution in [3.63, 3.8) is 0 Å². The minimum Gasteiger partial charge on any atom is -0.388 e. The standard InChI is InChI=1S/C17H22FNO2/c1-13(11-14-5-7-15(18)8-6-14)16(20)19(2)12-17(21)9-3-4-10-17/h5-8,11,21H,3-4,9-10,12H2,1-2H3/b13-11+. The van der Waals surface area contributed by atoms with Crippen LogP contribution >= 0.6 is 0 Å². The predicted molar refractivity (Wildman–Crippen MR) is 81.1 cm³/mol. The van der Waals surface area contributed by atoms with Gasteiger partial charge in [-0.2, -0.15) is 0 Å². The monoisotopic (exact) mass is 291 g/mol. The van der Waals surface area contributed by atoms with Gasteiger partial charge in [-0.1, -0.05) is 25.0 Å². The number of rotatable bonds is 4. The number of amides is 1. The number of likely N-dealkylation sites (N-methyl/N-ethyl adjacent to an activating group) is 1. The highest BCUT2D eigenvalue weighted by Crippen LogP contribution is 2.30. The fourth-order valence-electron chi connectivity index (χ4n) is 2.88. The van der Waals surface area contributed by atoms with Gasteiger partial charge in [-0.15, -0.1) is 0 Å². The molecular weight excluding hydrogens is 269 g/mol. The van der Waals surface area contributed by atoms with E-state index in [0.29, 0.717) is 12.1 Å². The Hall–Kier alpha value is -1.68. The number of nitrogens with zero attached hydrogens (tertiary/aromatic N) is 1. The van der Waals surface area contributed by atoms with E-state index < -0.39 is 5.60 Å². The zero-order valence-corrected chi connectivity index (χ0v) is 12.6. The van der Waals surface area contributed by atoms with Crippen LogP contribution in [-0.4, -0.2) is 35.1 Å². The van der Waals surface area contributed by atoms with Crippen molar-refractivity contribution in [1.82, 2.24) is 4.90 Å². The molecule has 1 saturated carbocycles. The van der Waals surface area contributed by atoms with Crippen LogP contribution in [0.25, 0.3) is 6.08 Å². The van der Waals surface area contributed by atoms with Crippen LogP contribution in [0.15, 0.2) is 29.8 Å². The van der Waals surface area contributed by atoms with E-state index in [0.717, 1.165) is 31.2 Å². The summed E-state index contributed by atoms with van der Waals surface area (Å²) in [6, 6.07) is 6.01. The molecule has 21 heavy (non-hydrogen) atoms. The Labute approximate surface area is 125 Å². The van der Waals surface area contributed by atoms with E-state index in [4.69, 9.17) is 0 Å². The van der Waals surface area contributed by atoms with E-state index in [1.165, 1.54) is 12.1 Å². The number of halogens is 1. The number of hydrogen-bond acceptors (Lipinski definition) is 2. The van der Waals surface area contributed by atoms with Crippen molar-refractivity contribution in [2.24, 2.45) is 0 Å². The fourth-order valence-corrected chi connectivity index (χ4v) is 2.88. The molecule has 1 aromatic rings. The molecule has 3 nitrogen and oxygen atoms in total. The van der Waals surface area contributed by atoms with Gasteiger partial charge in [0.05, 0.1) is 5.60 Å². The molecule has 4 heteroatoms. The Bertz CT molecular complexity index is 530. The van der Waals surface area contributed by atoms with E-state index >= 15 is 0 Å². The Morgan fingerprint density at radius 3 is 2.48 bits per heavy atom. The minimum absolute atomic E-state index is 0.111. The maximum absolute atomic E-state index is 12.9. The zero-order chi connectivity index (χ0) is 15.5. The van der Waals surface area contributed by atoms with E-state index in [1.807, 2.05) is 0 Å². The quantitative estimate of drug-likeness (QED) is 0.866. The molecule has 114 valence electrons. The summed E-state index contributed by atoms with van der Waals surface area (Å²) in [6.45, 7) is 2.10. The van der Waals surface area contributed by atoms with Crippen LogP contribution in [0.5, 0.6) is 0 Å². The lowest BCUT2D eigenvalue weighted by molar-refractivity contribution is -0.128. The zero-order valence-electron chi connectivity index (χ0n) is 12.6. The third-order valence-corrected chi connectivity index (χ3v) is 4.00. The summed E-state index contributed by atoms with van der Waals surface area (Å²) in [5.41, 5.74) is 0.626. The lowest BCUT2D eigenvalue weighted by atomic mass is 10.0. The molecule has 0 unspecified atom stereocenters. The summed E-state index contributed by atoms with van der Waals surface area (Å²) < 4.78 is 12.9. The van der Waals surface area contributed by atoms with Gasteiger partial charge in [-0.25, -0.2) is 4.39 Å². The molecule has 1 aliphatic rings. The fraction of sp³-hybridized carbons (Fsp3) is 0.471. The second-order valence-electron chi connectivity index (χ2n) is 5.97. The van der Waals surface area contributed by atoms with Gasteiger partial charge in [0.1, 0.15) is 5.82 Å². The van der Waals surface area contributed by atoms with Gasteiger partial charge in [0.25, 0.3) is 0 Å². The summed E-state index contributed by atoms with van der Waals surface area (Å²) in [6.07, 6.45) is 5.28. The minimum atomic E-state index is -0.736. The number of benzene rings is 1. The third-order valence-electron chi connectivity index (χ3n) is 4.00. The number of carbonyl (C=O) groups is 1. The summed E-state index contributed by atoms with van der Waals surface area (Å²) in [5, 5.41) is 10.4. The van der Waals surface area contributed by atoms with Crippen LogP contribution in [0.1, 0.15) is 38.2 Å². The molecule has 0 atom stereocenters. The van der Waals surface area contributed by atoms with Crippen molar-refractivity contribution in [3.8, 4) is 0 Å². The highest BCUT2D eigenvalue weighted by molar-refractivity contribution is 5.97. The molecule has 2 rings (SSSR count). The second-order valence-corrected chi connectivity index (χ2v) is 5.97. The van der Waals surface area contributed by atoms with Gasteiger partial charge in [0, 0.05) is 19.2 Å². The van der Waals surface area contributed by atoms with Crippen molar-refractivity contribution < 1.29 is 14.3 Å². The molecule has 1 amide bonds. The molecule has 1 aromatic carbocycles. The van der Waals surface area contributed by atoms with Gasteiger partial charge in [-0.3, -0.25) is 4.79 Å². The molecule has 0 spiro atoms. The van der Waals surface area contributed by atoms with Crippen LogP contribution in [0.4, 0.5) is 4.39 Å². The molecule has 0 radical (unpaired) electrons. The topological polar surface area (TPSA) is 40.5 Å². The summed E-state index contributed by atoms with van der Waals surface area (Å²) in [5.74, 6) is -0.406. The Morgan fingerprint density at radius 1 is 1.33 bits per heavy atom. The summed E-state index contributed by atoms with van der Waals surface area (Å²) in [7, 11) is 1.71. The first-order chi connectivity index (χ1) is 9.89. The molecule has 0 aliphatic heterocycles. The average Bonchev–Trinajstić information content (AvgIpc) is 2.86. The van der Waals surface area contributed by atoms with E-state index in [2.05, 4.69) is 0 Å². The Morgan fingerprint density at radius 2 is 1.90 bits per heavy atom. The lowest BCUT2D eigenvalue weighted by Gasteiger charge is -2.28. The van der Waals surface area contributed by atoms with Crippen molar-refractivity contribution in [2.45, 2.75) is 38.2 Å². The van der Waals surface area contributed by atoms with Crippen molar-refractivity contribution in [3.05, 3.63) is 41.2 Å². The van der Waals surface area contributed by atoms with Gasteiger partial charge in [0.2, 0.25) is 5.91 Å². The van der Waals surface area contributed by atoms with Crippen LogP contribution in [0.3, 0.4) is 0 Å². The predicted octanol–water partition coefficient (Wildman–Crippen LogP) is 2.99.